The summed E-state index contributed by atoms with van der Waals surface area (Å²) in [5, 5.41) is 3.85. The summed E-state index contributed by atoms with van der Waals surface area (Å²) < 4.78 is 15.9. The summed E-state index contributed by atoms with van der Waals surface area (Å²) in [7, 11) is 0. The van der Waals surface area contributed by atoms with Crippen molar-refractivity contribution in [3.63, 3.8) is 0 Å². The molecule has 110 valence electrons. The number of hydrogen-bond acceptors (Lipinski definition) is 5. The first-order valence-electron chi connectivity index (χ1n) is 6.83. The van der Waals surface area contributed by atoms with E-state index < -0.39 is 6.10 Å². The quantitative estimate of drug-likeness (QED) is 0.856. The van der Waals surface area contributed by atoms with Gasteiger partial charge in [-0.1, -0.05) is 23.4 Å². The number of amides is 1. The summed E-state index contributed by atoms with van der Waals surface area (Å²) in [6, 6.07) is 10.9. The molecule has 1 atom stereocenters. The van der Waals surface area contributed by atoms with Crippen LogP contribution in [0.2, 0.25) is 0 Å². The second-order valence-electron chi connectivity index (χ2n) is 4.67. The second kappa shape index (κ2) is 6.41. The van der Waals surface area contributed by atoms with Crippen LogP contribution in [0, 0.1) is 0 Å². The van der Waals surface area contributed by atoms with Crippen LogP contribution >= 0.6 is 0 Å². The maximum absolute atomic E-state index is 12.7. The fraction of sp³-hybridized carbons (Fsp3) is 0.333. The monoisotopic (exact) mass is 288 g/mol. The highest BCUT2D eigenvalue weighted by Gasteiger charge is 2.31. The van der Waals surface area contributed by atoms with Crippen LogP contribution in [0.3, 0.4) is 0 Å². The topological polar surface area (TPSA) is 64.8 Å². The predicted molar refractivity (Wildman–Crippen MR) is 73.7 cm³/mol. The molecule has 0 radical (unpaired) electrons. The minimum Gasteiger partial charge on any atom is -0.474 e. The molecule has 0 spiro atoms. The van der Waals surface area contributed by atoms with Gasteiger partial charge >= 0.3 is 0 Å². The van der Waals surface area contributed by atoms with E-state index in [4.69, 9.17) is 14.0 Å². The van der Waals surface area contributed by atoms with Crippen molar-refractivity contribution in [3.8, 4) is 5.75 Å². The minimum absolute atomic E-state index is 0.129. The fourth-order valence-corrected chi connectivity index (χ4v) is 2.18. The van der Waals surface area contributed by atoms with E-state index in [1.54, 1.807) is 23.1 Å². The standard InChI is InChI=1S/C15H16N2O4/c18-15(17-7-10-19-11-8-17)14(13-6-9-20-16-13)21-12-4-2-1-3-5-12/h1-6,9,14H,7-8,10-11H2. The molecule has 0 bridgehead atoms. The van der Waals surface area contributed by atoms with Crippen LogP contribution < -0.4 is 4.74 Å². The number of rotatable bonds is 4. The van der Waals surface area contributed by atoms with E-state index >= 15 is 0 Å². The van der Waals surface area contributed by atoms with Crippen molar-refractivity contribution in [2.75, 3.05) is 26.3 Å². The molecule has 6 heteroatoms. The number of carbonyl (C=O) groups is 1. The Bertz CT molecular complexity index is 565. The Morgan fingerprint density at radius 2 is 1.95 bits per heavy atom. The summed E-state index contributed by atoms with van der Waals surface area (Å²) in [5.41, 5.74) is 0.468. The Morgan fingerprint density at radius 3 is 2.62 bits per heavy atom. The zero-order valence-electron chi connectivity index (χ0n) is 11.5. The van der Waals surface area contributed by atoms with E-state index in [-0.39, 0.29) is 5.91 Å². The molecule has 2 aromatic rings. The van der Waals surface area contributed by atoms with Crippen LogP contribution in [-0.2, 0) is 9.53 Å². The first kappa shape index (κ1) is 13.6. The number of hydrogen-bond donors (Lipinski definition) is 0. The van der Waals surface area contributed by atoms with Crippen molar-refractivity contribution >= 4 is 5.91 Å². The Kier molecular flexibility index (Phi) is 4.16. The second-order valence-corrected chi connectivity index (χ2v) is 4.67. The van der Waals surface area contributed by atoms with E-state index in [0.717, 1.165) is 0 Å². The van der Waals surface area contributed by atoms with Gasteiger partial charge in [-0.3, -0.25) is 4.79 Å². The van der Waals surface area contributed by atoms with Crippen molar-refractivity contribution in [3.05, 3.63) is 48.4 Å². The first-order valence-corrected chi connectivity index (χ1v) is 6.83. The van der Waals surface area contributed by atoms with E-state index in [0.29, 0.717) is 37.7 Å². The van der Waals surface area contributed by atoms with Gasteiger partial charge in [0, 0.05) is 19.2 Å². The van der Waals surface area contributed by atoms with Crippen molar-refractivity contribution in [1.82, 2.24) is 10.1 Å². The molecule has 3 rings (SSSR count). The lowest BCUT2D eigenvalue weighted by molar-refractivity contribution is -0.143. The van der Waals surface area contributed by atoms with E-state index in [9.17, 15) is 4.79 Å². The molecule has 21 heavy (non-hydrogen) atoms. The Labute approximate surface area is 122 Å². The first-order chi connectivity index (χ1) is 10.3. The number of carbonyl (C=O) groups excluding carboxylic acids is 1. The van der Waals surface area contributed by atoms with Crippen LogP contribution in [-0.4, -0.2) is 42.3 Å². The average Bonchev–Trinajstić information content (AvgIpc) is 3.08. The fourth-order valence-electron chi connectivity index (χ4n) is 2.18. The van der Waals surface area contributed by atoms with Crippen molar-refractivity contribution < 1.29 is 18.8 Å². The van der Waals surface area contributed by atoms with Crippen LogP contribution in [0.5, 0.6) is 5.75 Å². The number of ether oxygens (including phenoxy) is 2. The molecule has 1 unspecified atom stereocenters. The van der Waals surface area contributed by atoms with Gasteiger partial charge in [0.05, 0.1) is 13.2 Å². The molecule has 1 saturated heterocycles. The van der Waals surface area contributed by atoms with Gasteiger partial charge < -0.3 is 18.9 Å². The van der Waals surface area contributed by atoms with Crippen molar-refractivity contribution in [2.24, 2.45) is 0 Å². The van der Waals surface area contributed by atoms with Gasteiger partial charge in [0.1, 0.15) is 17.7 Å². The number of morpholine rings is 1. The van der Waals surface area contributed by atoms with Gasteiger partial charge in [0.15, 0.2) is 0 Å². The van der Waals surface area contributed by atoms with Gasteiger partial charge in [-0.05, 0) is 12.1 Å². The highest BCUT2D eigenvalue weighted by atomic mass is 16.5. The molecule has 6 nitrogen and oxygen atoms in total. The van der Waals surface area contributed by atoms with Gasteiger partial charge in [-0.2, -0.15) is 0 Å². The third-order valence-electron chi connectivity index (χ3n) is 3.27. The SMILES string of the molecule is O=C(C(Oc1ccccc1)c1ccon1)N1CCOCC1. The van der Waals surface area contributed by atoms with Gasteiger partial charge in [-0.15, -0.1) is 0 Å². The normalized spacial score (nSPS) is 16.5. The van der Waals surface area contributed by atoms with Crippen LogP contribution in [0.4, 0.5) is 0 Å². The molecule has 2 heterocycles. The molecule has 0 saturated carbocycles. The van der Waals surface area contributed by atoms with E-state index in [2.05, 4.69) is 5.16 Å². The lowest BCUT2D eigenvalue weighted by atomic mass is 10.2. The molecule has 1 aliphatic rings. The Hall–Kier alpha value is -2.34. The van der Waals surface area contributed by atoms with E-state index in [1.807, 2.05) is 18.2 Å². The molecular weight excluding hydrogens is 272 g/mol. The molecule has 1 fully saturated rings. The van der Waals surface area contributed by atoms with Crippen molar-refractivity contribution in [1.29, 1.82) is 0 Å². The molecule has 0 N–H and O–H groups in total. The predicted octanol–water partition coefficient (Wildman–Crippen LogP) is 1.65. The Balaban J connectivity index is 1.80. The maximum Gasteiger partial charge on any atom is 0.270 e. The van der Waals surface area contributed by atoms with Gasteiger partial charge in [0.25, 0.3) is 5.91 Å². The summed E-state index contributed by atoms with van der Waals surface area (Å²) >= 11 is 0. The summed E-state index contributed by atoms with van der Waals surface area (Å²) in [6.45, 7) is 2.21. The molecule has 1 amide bonds. The zero-order valence-corrected chi connectivity index (χ0v) is 11.5. The van der Waals surface area contributed by atoms with Crippen LogP contribution in [0.1, 0.15) is 11.8 Å². The minimum atomic E-state index is -0.802. The lowest BCUT2D eigenvalue weighted by Crippen LogP contribution is -2.44. The van der Waals surface area contributed by atoms with Gasteiger partial charge in [-0.25, -0.2) is 0 Å². The number of aromatic nitrogens is 1. The van der Waals surface area contributed by atoms with Gasteiger partial charge in [0.2, 0.25) is 6.10 Å². The number of para-hydroxylation sites is 1. The largest absolute Gasteiger partial charge is 0.474 e. The third-order valence-corrected chi connectivity index (χ3v) is 3.27. The molecule has 1 aromatic carbocycles. The average molecular weight is 288 g/mol. The molecule has 1 aliphatic heterocycles. The number of benzene rings is 1. The maximum atomic E-state index is 12.7. The molecule has 0 aliphatic carbocycles. The van der Waals surface area contributed by atoms with Crippen molar-refractivity contribution in [2.45, 2.75) is 6.10 Å². The highest BCUT2D eigenvalue weighted by Crippen LogP contribution is 2.23. The van der Waals surface area contributed by atoms with Crippen LogP contribution in [0.25, 0.3) is 0 Å². The summed E-state index contributed by atoms with van der Waals surface area (Å²) in [6.07, 6.45) is 0.632. The summed E-state index contributed by atoms with van der Waals surface area (Å²) in [5.74, 6) is 0.489. The summed E-state index contributed by atoms with van der Waals surface area (Å²) in [4.78, 5) is 14.4. The van der Waals surface area contributed by atoms with Crippen LogP contribution in [0.15, 0.2) is 47.2 Å². The molecular formula is C15H16N2O4. The number of nitrogens with zero attached hydrogens (tertiary/aromatic N) is 2. The Morgan fingerprint density at radius 1 is 1.19 bits per heavy atom. The third kappa shape index (κ3) is 3.22. The smallest absolute Gasteiger partial charge is 0.270 e. The lowest BCUT2D eigenvalue weighted by Gasteiger charge is -2.29. The molecule has 1 aromatic heterocycles. The van der Waals surface area contributed by atoms with E-state index in [1.165, 1.54) is 6.26 Å². The zero-order chi connectivity index (χ0) is 14.5. The highest BCUT2D eigenvalue weighted by molar-refractivity contribution is 5.82.